The third-order valence-electron chi connectivity index (χ3n) is 5.04. The number of methoxy groups -OCH3 is 1. The molecule has 30 heavy (non-hydrogen) atoms. The Balaban J connectivity index is 1.13. The average Bonchev–Trinajstić information content (AvgIpc) is 3.62. The number of epoxide rings is 3. The maximum atomic E-state index is 5.97. The number of thioether (sulfide) groups is 1. The molecule has 3 fully saturated rings. The van der Waals surface area contributed by atoms with E-state index < -0.39 is 0 Å². The summed E-state index contributed by atoms with van der Waals surface area (Å²) in [5.74, 6) is 3.57. The molecule has 0 N–H and O–H groups in total. The van der Waals surface area contributed by atoms with Crippen LogP contribution in [0.25, 0.3) is 0 Å². The Morgan fingerprint density at radius 3 is 2.47 bits per heavy atom. The molecule has 0 amide bonds. The van der Waals surface area contributed by atoms with Crippen molar-refractivity contribution in [3.05, 3.63) is 23.8 Å². The van der Waals surface area contributed by atoms with Gasteiger partial charge in [0.05, 0.1) is 52.9 Å². The number of rotatable bonds is 17. The Bertz CT molecular complexity index is 646. The molecule has 7 nitrogen and oxygen atoms in total. The molecule has 4 atom stereocenters. The first kappa shape index (κ1) is 22.2. The van der Waals surface area contributed by atoms with Crippen LogP contribution in [0.2, 0.25) is 0 Å². The fourth-order valence-electron chi connectivity index (χ4n) is 2.98. The van der Waals surface area contributed by atoms with E-state index in [1.165, 1.54) is 5.56 Å². The van der Waals surface area contributed by atoms with Gasteiger partial charge in [0.15, 0.2) is 11.5 Å². The highest BCUT2D eigenvalue weighted by atomic mass is 32.2. The van der Waals surface area contributed by atoms with Crippen LogP contribution in [0.15, 0.2) is 18.2 Å². The minimum absolute atomic E-state index is 0.101. The Kier molecular flexibility index (Phi) is 8.54. The standard InChI is InChI=1S/C22H32O7S/c1-23-21-5-4-16(7-22(21)29-14-19-12-27-19)3-2-6-30-15-20(28-13-18-11-26-18)9-24-8-17-10-25-17/h4-5,7,17-20H,2-3,6,8-15H2,1H3. The molecule has 3 aliphatic rings. The van der Waals surface area contributed by atoms with Crippen molar-refractivity contribution < 1.29 is 33.2 Å². The summed E-state index contributed by atoms with van der Waals surface area (Å²) in [6, 6.07) is 6.18. The largest absolute Gasteiger partial charge is 0.493 e. The van der Waals surface area contributed by atoms with Gasteiger partial charge in [0.1, 0.15) is 24.9 Å². The summed E-state index contributed by atoms with van der Waals surface area (Å²) in [7, 11) is 1.67. The van der Waals surface area contributed by atoms with E-state index in [1.807, 2.05) is 17.8 Å². The van der Waals surface area contributed by atoms with Crippen LogP contribution in [-0.4, -0.2) is 89.3 Å². The van der Waals surface area contributed by atoms with Gasteiger partial charge in [-0.25, -0.2) is 0 Å². The zero-order chi connectivity index (χ0) is 20.6. The Morgan fingerprint density at radius 2 is 1.73 bits per heavy atom. The molecule has 0 spiro atoms. The molecule has 3 aliphatic heterocycles. The summed E-state index contributed by atoms with van der Waals surface area (Å²) in [6.45, 7) is 4.95. The van der Waals surface area contributed by atoms with Crippen molar-refractivity contribution in [1.29, 1.82) is 0 Å². The van der Waals surface area contributed by atoms with Gasteiger partial charge in [0.25, 0.3) is 0 Å². The second kappa shape index (κ2) is 11.5. The monoisotopic (exact) mass is 440 g/mol. The first-order chi connectivity index (χ1) is 14.8. The molecule has 0 radical (unpaired) electrons. The summed E-state index contributed by atoms with van der Waals surface area (Å²) in [4.78, 5) is 0. The van der Waals surface area contributed by atoms with E-state index in [-0.39, 0.29) is 18.3 Å². The van der Waals surface area contributed by atoms with E-state index >= 15 is 0 Å². The summed E-state index contributed by atoms with van der Waals surface area (Å²) in [6.07, 6.45) is 3.00. The molecule has 3 heterocycles. The molecule has 0 bridgehead atoms. The topological polar surface area (TPSA) is 74.5 Å². The lowest BCUT2D eigenvalue weighted by atomic mass is 10.1. The molecule has 8 heteroatoms. The summed E-state index contributed by atoms with van der Waals surface area (Å²) in [5, 5.41) is 0. The lowest BCUT2D eigenvalue weighted by molar-refractivity contribution is -0.0122. The van der Waals surface area contributed by atoms with Crippen LogP contribution in [0.1, 0.15) is 12.0 Å². The van der Waals surface area contributed by atoms with Gasteiger partial charge in [-0.05, 0) is 36.3 Å². The van der Waals surface area contributed by atoms with Crippen molar-refractivity contribution in [2.24, 2.45) is 0 Å². The highest BCUT2D eigenvalue weighted by molar-refractivity contribution is 7.99. The first-order valence-corrected chi connectivity index (χ1v) is 11.9. The highest BCUT2D eigenvalue weighted by Crippen LogP contribution is 2.29. The van der Waals surface area contributed by atoms with E-state index in [4.69, 9.17) is 33.2 Å². The Morgan fingerprint density at radius 1 is 1.00 bits per heavy atom. The number of benzene rings is 1. The average molecular weight is 441 g/mol. The van der Waals surface area contributed by atoms with Crippen molar-refractivity contribution in [3.63, 3.8) is 0 Å². The van der Waals surface area contributed by atoms with Crippen molar-refractivity contribution in [1.82, 2.24) is 0 Å². The highest BCUT2D eigenvalue weighted by Gasteiger charge is 2.26. The minimum Gasteiger partial charge on any atom is -0.493 e. The maximum absolute atomic E-state index is 5.97. The van der Waals surface area contributed by atoms with E-state index in [0.717, 1.165) is 55.7 Å². The van der Waals surface area contributed by atoms with E-state index in [2.05, 4.69) is 12.1 Å². The zero-order valence-corrected chi connectivity index (χ0v) is 18.4. The lowest BCUT2D eigenvalue weighted by Crippen LogP contribution is -2.26. The quantitative estimate of drug-likeness (QED) is 0.270. The molecular weight excluding hydrogens is 408 g/mol. The summed E-state index contributed by atoms with van der Waals surface area (Å²) < 4.78 is 38.6. The van der Waals surface area contributed by atoms with Crippen LogP contribution < -0.4 is 9.47 Å². The number of ether oxygens (including phenoxy) is 7. The number of hydrogen-bond acceptors (Lipinski definition) is 8. The summed E-state index contributed by atoms with van der Waals surface area (Å²) in [5.41, 5.74) is 1.26. The van der Waals surface area contributed by atoms with Gasteiger partial charge in [-0.3, -0.25) is 0 Å². The van der Waals surface area contributed by atoms with Gasteiger partial charge in [0, 0.05) is 5.75 Å². The van der Waals surface area contributed by atoms with Crippen LogP contribution in [0.4, 0.5) is 0 Å². The predicted octanol–water partition coefficient (Wildman–Crippen LogP) is 2.34. The molecule has 168 valence electrons. The minimum atomic E-state index is 0.101. The van der Waals surface area contributed by atoms with Crippen LogP contribution in [0.3, 0.4) is 0 Å². The molecule has 1 aromatic rings. The molecular formula is C22H32O7S. The van der Waals surface area contributed by atoms with E-state index in [0.29, 0.717) is 32.5 Å². The second-order valence-corrected chi connectivity index (χ2v) is 8.98. The van der Waals surface area contributed by atoms with Crippen molar-refractivity contribution in [2.45, 2.75) is 37.3 Å². The van der Waals surface area contributed by atoms with Crippen LogP contribution >= 0.6 is 11.8 Å². The molecule has 4 rings (SSSR count). The maximum Gasteiger partial charge on any atom is 0.161 e. The van der Waals surface area contributed by atoms with Gasteiger partial charge in [-0.1, -0.05) is 6.07 Å². The van der Waals surface area contributed by atoms with Crippen LogP contribution in [0.5, 0.6) is 11.5 Å². The van der Waals surface area contributed by atoms with Gasteiger partial charge in [-0.2, -0.15) is 11.8 Å². The third-order valence-corrected chi connectivity index (χ3v) is 6.23. The Hall–Kier alpha value is -1.03. The van der Waals surface area contributed by atoms with E-state index in [1.54, 1.807) is 7.11 Å². The molecule has 4 unspecified atom stereocenters. The van der Waals surface area contributed by atoms with Crippen LogP contribution in [0, 0.1) is 0 Å². The smallest absolute Gasteiger partial charge is 0.161 e. The first-order valence-electron chi connectivity index (χ1n) is 10.7. The fraction of sp³-hybridized carbons (Fsp3) is 0.727. The normalized spacial score (nSPS) is 25.0. The predicted molar refractivity (Wildman–Crippen MR) is 114 cm³/mol. The molecule has 1 aromatic carbocycles. The molecule has 0 saturated carbocycles. The third kappa shape index (κ3) is 8.24. The SMILES string of the molecule is COc1ccc(CCCSCC(COCC2CO2)OCC2CO2)cc1OCC1CO1. The van der Waals surface area contributed by atoms with Crippen molar-refractivity contribution >= 4 is 11.8 Å². The Labute approximate surface area is 182 Å². The van der Waals surface area contributed by atoms with Crippen LogP contribution in [-0.2, 0) is 30.1 Å². The van der Waals surface area contributed by atoms with E-state index in [9.17, 15) is 0 Å². The number of aryl methyl sites for hydroxylation is 1. The van der Waals surface area contributed by atoms with Crippen molar-refractivity contribution in [3.8, 4) is 11.5 Å². The van der Waals surface area contributed by atoms with Gasteiger partial charge in [-0.15, -0.1) is 0 Å². The number of hydrogen-bond donors (Lipinski definition) is 0. The lowest BCUT2D eigenvalue weighted by Gasteiger charge is -2.17. The van der Waals surface area contributed by atoms with Gasteiger partial charge >= 0.3 is 0 Å². The van der Waals surface area contributed by atoms with Gasteiger partial charge in [0.2, 0.25) is 0 Å². The fourth-order valence-corrected chi connectivity index (χ4v) is 3.95. The molecule has 3 saturated heterocycles. The second-order valence-electron chi connectivity index (χ2n) is 7.83. The van der Waals surface area contributed by atoms with Gasteiger partial charge < -0.3 is 33.2 Å². The molecule has 0 aliphatic carbocycles. The zero-order valence-electron chi connectivity index (χ0n) is 17.6. The summed E-state index contributed by atoms with van der Waals surface area (Å²) >= 11 is 1.91. The van der Waals surface area contributed by atoms with Crippen molar-refractivity contribution in [2.75, 3.05) is 64.9 Å². The molecule has 0 aromatic heterocycles.